The molecule has 0 radical (unpaired) electrons. The monoisotopic (exact) mass is 342 g/mol. The molecule has 0 spiro atoms. The number of nitrogens with zero attached hydrogens (tertiary/aromatic N) is 3. The Balaban J connectivity index is 2.04. The molecule has 124 valence electrons. The van der Waals surface area contributed by atoms with E-state index in [4.69, 9.17) is 0 Å². The lowest BCUT2D eigenvalue weighted by Gasteiger charge is -2.11. The summed E-state index contributed by atoms with van der Waals surface area (Å²) >= 11 is 0. The molecular formula is C17H18N4O2S. The van der Waals surface area contributed by atoms with E-state index >= 15 is 0 Å². The van der Waals surface area contributed by atoms with Gasteiger partial charge in [-0.3, -0.25) is 0 Å². The lowest BCUT2D eigenvalue weighted by atomic mass is 10.1. The van der Waals surface area contributed by atoms with Crippen molar-refractivity contribution in [2.75, 3.05) is 23.8 Å². The minimum atomic E-state index is -3.72. The second-order valence-electron chi connectivity index (χ2n) is 5.47. The van der Waals surface area contributed by atoms with E-state index in [2.05, 4.69) is 9.93 Å². The summed E-state index contributed by atoms with van der Waals surface area (Å²) in [6, 6.07) is 19.6. The normalized spacial score (nSPS) is 11.2. The zero-order chi connectivity index (χ0) is 17.2. The first-order valence-electron chi connectivity index (χ1n) is 7.38. The number of hydrogen-bond donors (Lipinski definition) is 1. The number of rotatable bonds is 5. The molecule has 0 bridgehead atoms. The molecule has 1 N–H and O–H groups in total. The molecule has 0 unspecified atom stereocenters. The number of nitrogens with one attached hydrogen (secondary N) is 1. The number of sulfonamides is 1. The molecule has 1 aromatic heterocycles. The van der Waals surface area contributed by atoms with Gasteiger partial charge in [0, 0.05) is 25.7 Å². The molecule has 1 heterocycles. The van der Waals surface area contributed by atoms with Gasteiger partial charge in [0.2, 0.25) is 0 Å². The third-order valence-corrected chi connectivity index (χ3v) is 4.79. The van der Waals surface area contributed by atoms with Gasteiger partial charge >= 0.3 is 0 Å². The second kappa shape index (κ2) is 6.37. The molecular weight excluding hydrogens is 324 g/mol. The van der Waals surface area contributed by atoms with E-state index < -0.39 is 10.0 Å². The Morgan fingerprint density at radius 1 is 0.958 bits per heavy atom. The predicted octanol–water partition coefficient (Wildman–Crippen LogP) is 2.55. The van der Waals surface area contributed by atoms with Crippen LogP contribution in [-0.4, -0.2) is 32.4 Å². The zero-order valence-corrected chi connectivity index (χ0v) is 14.2. The van der Waals surface area contributed by atoms with Crippen LogP contribution in [0.5, 0.6) is 0 Å². The number of benzene rings is 2. The Morgan fingerprint density at radius 2 is 1.54 bits per heavy atom. The van der Waals surface area contributed by atoms with Crippen molar-refractivity contribution in [3.05, 3.63) is 66.7 Å². The first kappa shape index (κ1) is 16.1. The standard InChI is InChI=1S/C17H18N4O2S/c1-20(2)17-13-16(14-9-5-3-6-10-14)21(18-17)19-24(22,23)15-11-7-4-8-12-15/h3-13,19H,1-2H3. The first-order valence-corrected chi connectivity index (χ1v) is 8.86. The van der Waals surface area contributed by atoms with E-state index in [0.29, 0.717) is 11.5 Å². The fourth-order valence-corrected chi connectivity index (χ4v) is 3.23. The van der Waals surface area contributed by atoms with Crippen molar-refractivity contribution in [2.45, 2.75) is 4.90 Å². The summed E-state index contributed by atoms with van der Waals surface area (Å²) in [4.78, 5) is 5.83. The van der Waals surface area contributed by atoms with Gasteiger partial charge in [-0.25, -0.2) is 0 Å². The van der Waals surface area contributed by atoms with Crippen molar-refractivity contribution in [1.82, 2.24) is 9.89 Å². The highest BCUT2D eigenvalue weighted by molar-refractivity contribution is 7.92. The molecule has 0 amide bonds. The molecule has 3 rings (SSSR count). The average molecular weight is 342 g/mol. The van der Waals surface area contributed by atoms with Crippen molar-refractivity contribution in [2.24, 2.45) is 0 Å². The molecule has 0 saturated carbocycles. The highest BCUT2D eigenvalue weighted by Crippen LogP contribution is 2.23. The van der Waals surface area contributed by atoms with Gasteiger partial charge in [0.15, 0.2) is 5.82 Å². The van der Waals surface area contributed by atoms with Crippen molar-refractivity contribution >= 4 is 15.8 Å². The maximum absolute atomic E-state index is 12.6. The molecule has 3 aromatic rings. The van der Waals surface area contributed by atoms with Gasteiger partial charge in [0.1, 0.15) is 0 Å². The molecule has 6 nitrogen and oxygen atoms in total. The van der Waals surface area contributed by atoms with Crippen LogP contribution in [0.4, 0.5) is 5.82 Å². The molecule has 0 aliphatic carbocycles. The zero-order valence-electron chi connectivity index (χ0n) is 13.4. The van der Waals surface area contributed by atoms with Crippen molar-refractivity contribution in [3.63, 3.8) is 0 Å². The Labute approximate surface area is 141 Å². The molecule has 2 aromatic carbocycles. The molecule has 0 aliphatic heterocycles. The maximum atomic E-state index is 12.6. The summed E-state index contributed by atoms with van der Waals surface area (Å²) in [6.45, 7) is 0. The Kier molecular flexibility index (Phi) is 4.26. The number of anilines is 1. The second-order valence-corrected chi connectivity index (χ2v) is 7.13. The van der Waals surface area contributed by atoms with Gasteiger partial charge in [-0.05, 0) is 12.1 Å². The van der Waals surface area contributed by atoms with Crippen molar-refractivity contribution < 1.29 is 8.42 Å². The topological polar surface area (TPSA) is 67.2 Å². The van der Waals surface area contributed by atoms with Crippen LogP contribution in [0.15, 0.2) is 71.6 Å². The summed E-state index contributed by atoms with van der Waals surface area (Å²) in [5.41, 5.74) is 1.53. The van der Waals surface area contributed by atoms with Gasteiger partial charge in [0.05, 0.1) is 10.6 Å². The van der Waals surface area contributed by atoms with Gasteiger partial charge < -0.3 is 4.90 Å². The lowest BCUT2D eigenvalue weighted by molar-refractivity contribution is 0.592. The van der Waals surface area contributed by atoms with Crippen LogP contribution in [0, 0.1) is 0 Å². The summed E-state index contributed by atoms with van der Waals surface area (Å²) in [6.07, 6.45) is 0. The van der Waals surface area contributed by atoms with Crippen LogP contribution >= 0.6 is 0 Å². The number of hydrogen-bond acceptors (Lipinski definition) is 4. The van der Waals surface area contributed by atoms with Crippen LogP contribution in [0.1, 0.15) is 0 Å². The Morgan fingerprint density at radius 3 is 2.12 bits per heavy atom. The maximum Gasteiger partial charge on any atom is 0.276 e. The van der Waals surface area contributed by atoms with Crippen LogP contribution in [0.3, 0.4) is 0 Å². The van der Waals surface area contributed by atoms with Gasteiger partial charge in [0.25, 0.3) is 10.0 Å². The summed E-state index contributed by atoms with van der Waals surface area (Å²) in [5.74, 6) is 0.657. The lowest BCUT2D eigenvalue weighted by Crippen LogP contribution is -2.25. The minimum Gasteiger partial charge on any atom is -0.361 e. The summed E-state index contributed by atoms with van der Waals surface area (Å²) in [7, 11) is -0.0156. The quantitative estimate of drug-likeness (QED) is 0.774. The summed E-state index contributed by atoms with van der Waals surface area (Å²) < 4.78 is 25.2. The highest BCUT2D eigenvalue weighted by Gasteiger charge is 2.18. The van der Waals surface area contributed by atoms with E-state index in [1.54, 1.807) is 30.3 Å². The first-order chi connectivity index (χ1) is 11.5. The van der Waals surface area contributed by atoms with E-state index in [0.717, 1.165) is 5.56 Å². The van der Waals surface area contributed by atoms with Crippen LogP contribution < -0.4 is 9.73 Å². The minimum absolute atomic E-state index is 0.186. The largest absolute Gasteiger partial charge is 0.361 e. The number of aromatic nitrogens is 2. The highest BCUT2D eigenvalue weighted by atomic mass is 32.2. The smallest absolute Gasteiger partial charge is 0.276 e. The molecule has 0 fully saturated rings. The Bertz CT molecular complexity index is 920. The third-order valence-electron chi connectivity index (χ3n) is 3.48. The molecule has 0 saturated heterocycles. The van der Waals surface area contributed by atoms with Crippen molar-refractivity contribution in [3.8, 4) is 11.3 Å². The molecule has 24 heavy (non-hydrogen) atoms. The predicted molar refractivity (Wildman–Crippen MR) is 95.0 cm³/mol. The van der Waals surface area contributed by atoms with Gasteiger partial charge in [-0.15, -0.1) is 5.10 Å². The van der Waals surface area contributed by atoms with E-state index in [1.165, 1.54) is 4.79 Å². The van der Waals surface area contributed by atoms with E-state index in [-0.39, 0.29) is 4.90 Å². The summed E-state index contributed by atoms with van der Waals surface area (Å²) in [5, 5.41) is 4.35. The van der Waals surface area contributed by atoms with Crippen LogP contribution in [0.2, 0.25) is 0 Å². The van der Waals surface area contributed by atoms with Gasteiger partial charge in [-0.1, -0.05) is 48.5 Å². The SMILES string of the molecule is CN(C)c1cc(-c2ccccc2)n(NS(=O)(=O)c2ccccc2)n1. The fourth-order valence-electron chi connectivity index (χ4n) is 2.24. The van der Waals surface area contributed by atoms with E-state index in [9.17, 15) is 8.42 Å². The van der Waals surface area contributed by atoms with E-state index in [1.807, 2.05) is 55.4 Å². The molecule has 0 aliphatic rings. The van der Waals surface area contributed by atoms with Crippen molar-refractivity contribution in [1.29, 1.82) is 0 Å². The fraction of sp³-hybridized carbons (Fsp3) is 0.118. The van der Waals surface area contributed by atoms with Crippen LogP contribution in [-0.2, 0) is 10.0 Å². The molecule has 0 atom stereocenters. The Hall–Kier alpha value is -2.80. The van der Waals surface area contributed by atoms with Crippen LogP contribution in [0.25, 0.3) is 11.3 Å². The van der Waals surface area contributed by atoms with Gasteiger partial charge in [-0.2, -0.15) is 18.0 Å². The third kappa shape index (κ3) is 3.26. The average Bonchev–Trinajstić information content (AvgIpc) is 3.00. The molecule has 7 heteroatoms.